The van der Waals surface area contributed by atoms with Crippen LogP contribution in [0.25, 0.3) is 0 Å². The van der Waals surface area contributed by atoms with E-state index in [-0.39, 0.29) is 0 Å². The number of nitrogens with zero attached hydrogens (tertiary/aromatic N) is 2. The second-order valence-corrected chi connectivity index (χ2v) is 7.53. The molecule has 21 heavy (non-hydrogen) atoms. The number of likely N-dealkylation sites (tertiary alicyclic amines) is 1. The molecule has 1 aliphatic carbocycles. The predicted molar refractivity (Wildman–Crippen MR) is 91.9 cm³/mol. The van der Waals surface area contributed by atoms with E-state index in [1.807, 2.05) is 0 Å². The van der Waals surface area contributed by atoms with E-state index in [1.54, 1.807) is 0 Å². The van der Waals surface area contributed by atoms with E-state index in [9.17, 15) is 0 Å². The first-order chi connectivity index (χ1) is 10.2. The van der Waals surface area contributed by atoms with Crippen molar-refractivity contribution in [2.45, 2.75) is 76.3 Å². The first-order valence-electron chi connectivity index (χ1n) is 9.29. The average molecular weight is 296 g/mol. The highest BCUT2D eigenvalue weighted by molar-refractivity contribution is 4.93. The SMILES string of the molecule is CCCN1CCCC(NCC2(N(C)C)CCCCC2)CC1. The molecular weight excluding hydrogens is 258 g/mol. The minimum atomic E-state index is 0.424. The van der Waals surface area contributed by atoms with E-state index in [4.69, 9.17) is 0 Å². The van der Waals surface area contributed by atoms with Gasteiger partial charge < -0.3 is 15.1 Å². The van der Waals surface area contributed by atoms with Crippen molar-refractivity contribution < 1.29 is 0 Å². The van der Waals surface area contributed by atoms with Crippen LogP contribution in [-0.4, -0.2) is 61.7 Å². The number of rotatable bonds is 6. The van der Waals surface area contributed by atoms with Crippen molar-refractivity contribution in [1.82, 2.24) is 15.1 Å². The Hall–Kier alpha value is -0.120. The summed E-state index contributed by atoms with van der Waals surface area (Å²) in [5, 5.41) is 3.95. The van der Waals surface area contributed by atoms with Crippen LogP contribution in [0.15, 0.2) is 0 Å². The molecule has 1 atom stereocenters. The summed E-state index contributed by atoms with van der Waals surface area (Å²) in [6, 6.07) is 0.741. The summed E-state index contributed by atoms with van der Waals surface area (Å²) in [6.45, 7) is 7.38. The standard InChI is InChI=1S/C18H37N3/c1-4-13-21-14-8-9-17(10-15-21)19-16-18(20(2)3)11-6-5-7-12-18/h17,19H,4-16H2,1-3H3. The summed E-state index contributed by atoms with van der Waals surface area (Å²) in [5.74, 6) is 0. The molecule has 1 unspecified atom stereocenters. The Balaban J connectivity index is 1.80. The summed E-state index contributed by atoms with van der Waals surface area (Å²) in [7, 11) is 4.56. The van der Waals surface area contributed by atoms with Gasteiger partial charge in [-0.1, -0.05) is 26.2 Å². The van der Waals surface area contributed by atoms with Gasteiger partial charge in [-0.25, -0.2) is 0 Å². The topological polar surface area (TPSA) is 18.5 Å². The molecule has 0 radical (unpaired) electrons. The number of hydrogen-bond donors (Lipinski definition) is 1. The molecule has 0 aromatic carbocycles. The van der Waals surface area contributed by atoms with Gasteiger partial charge in [0.15, 0.2) is 0 Å². The van der Waals surface area contributed by atoms with Gasteiger partial charge in [0.25, 0.3) is 0 Å². The van der Waals surface area contributed by atoms with Crippen LogP contribution in [0.1, 0.15) is 64.7 Å². The number of likely N-dealkylation sites (N-methyl/N-ethyl adjacent to an activating group) is 1. The molecule has 1 N–H and O–H groups in total. The number of nitrogens with one attached hydrogen (secondary N) is 1. The van der Waals surface area contributed by atoms with Gasteiger partial charge in [0, 0.05) is 18.1 Å². The summed E-state index contributed by atoms with van der Waals surface area (Å²) in [5.41, 5.74) is 0.424. The van der Waals surface area contributed by atoms with Crippen molar-refractivity contribution in [1.29, 1.82) is 0 Å². The Morgan fingerprint density at radius 2 is 1.81 bits per heavy atom. The highest BCUT2D eigenvalue weighted by Crippen LogP contribution is 2.31. The smallest absolute Gasteiger partial charge is 0.0327 e. The maximum absolute atomic E-state index is 3.95. The number of hydrogen-bond acceptors (Lipinski definition) is 3. The highest BCUT2D eigenvalue weighted by atomic mass is 15.2. The zero-order valence-corrected chi connectivity index (χ0v) is 14.7. The zero-order chi connectivity index (χ0) is 15.1. The molecule has 3 nitrogen and oxygen atoms in total. The molecular formula is C18H37N3. The molecule has 1 heterocycles. The second-order valence-electron chi connectivity index (χ2n) is 7.53. The van der Waals surface area contributed by atoms with Crippen LogP contribution in [0.5, 0.6) is 0 Å². The van der Waals surface area contributed by atoms with Crippen LogP contribution >= 0.6 is 0 Å². The average Bonchev–Trinajstić information content (AvgIpc) is 2.72. The first kappa shape index (κ1) is 17.2. The largest absolute Gasteiger partial charge is 0.312 e. The molecule has 0 bridgehead atoms. The van der Waals surface area contributed by atoms with Crippen LogP contribution < -0.4 is 5.32 Å². The predicted octanol–water partition coefficient (Wildman–Crippen LogP) is 3.11. The van der Waals surface area contributed by atoms with Crippen molar-refractivity contribution in [3.05, 3.63) is 0 Å². The molecule has 0 aromatic heterocycles. The molecule has 2 fully saturated rings. The van der Waals surface area contributed by atoms with Crippen LogP contribution in [0.2, 0.25) is 0 Å². The molecule has 2 rings (SSSR count). The van der Waals surface area contributed by atoms with Crippen LogP contribution in [-0.2, 0) is 0 Å². The van der Waals surface area contributed by atoms with Crippen molar-refractivity contribution in [2.24, 2.45) is 0 Å². The molecule has 2 aliphatic rings. The molecule has 124 valence electrons. The lowest BCUT2D eigenvalue weighted by atomic mass is 9.80. The Morgan fingerprint density at radius 1 is 1.05 bits per heavy atom. The molecule has 3 heteroatoms. The Kier molecular flexibility index (Phi) is 6.97. The van der Waals surface area contributed by atoms with Gasteiger partial charge in [0.05, 0.1) is 0 Å². The van der Waals surface area contributed by atoms with E-state index < -0.39 is 0 Å². The third-order valence-electron chi connectivity index (χ3n) is 5.81. The highest BCUT2D eigenvalue weighted by Gasteiger charge is 2.34. The van der Waals surface area contributed by atoms with Crippen LogP contribution in [0.3, 0.4) is 0 Å². The van der Waals surface area contributed by atoms with Crippen molar-refractivity contribution in [3.63, 3.8) is 0 Å². The summed E-state index contributed by atoms with van der Waals surface area (Å²) in [6.07, 6.45) is 12.4. The maximum Gasteiger partial charge on any atom is 0.0327 e. The minimum Gasteiger partial charge on any atom is -0.312 e. The zero-order valence-electron chi connectivity index (χ0n) is 14.7. The quantitative estimate of drug-likeness (QED) is 0.812. The Labute approximate surface area is 132 Å². The van der Waals surface area contributed by atoms with Crippen LogP contribution in [0, 0.1) is 0 Å². The van der Waals surface area contributed by atoms with E-state index in [2.05, 4.69) is 36.1 Å². The molecule has 0 spiro atoms. The monoisotopic (exact) mass is 295 g/mol. The van der Waals surface area contributed by atoms with Gasteiger partial charge in [-0.2, -0.15) is 0 Å². The minimum absolute atomic E-state index is 0.424. The Bertz CT molecular complexity index is 284. The second kappa shape index (κ2) is 8.50. The third kappa shape index (κ3) is 4.94. The molecule has 1 saturated heterocycles. The van der Waals surface area contributed by atoms with E-state index in [0.29, 0.717) is 5.54 Å². The summed E-state index contributed by atoms with van der Waals surface area (Å²) in [4.78, 5) is 5.16. The third-order valence-corrected chi connectivity index (χ3v) is 5.81. The maximum atomic E-state index is 3.95. The molecule has 1 saturated carbocycles. The van der Waals surface area contributed by atoms with Gasteiger partial charge in [-0.15, -0.1) is 0 Å². The van der Waals surface area contributed by atoms with Gasteiger partial charge >= 0.3 is 0 Å². The van der Waals surface area contributed by atoms with Gasteiger partial charge in [-0.05, 0) is 72.3 Å². The Morgan fingerprint density at radius 3 is 2.48 bits per heavy atom. The van der Waals surface area contributed by atoms with Crippen molar-refractivity contribution in [3.8, 4) is 0 Å². The van der Waals surface area contributed by atoms with Gasteiger partial charge in [0.1, 0.15) is 0 Å². The summed E-state index contributed by atoms with van der Waals surface area (Å²) >= 11 is 0. The summed E-state index contributed by atoms with van der Waals surface area (Å²) < 4.78 is 0. The first-order valence-corrected chi connectivity index (χ1v) is 9.29. The van der Waals surface area contributed by atoms with Crippen molar-refractivity contribution in [2.75, 3.05) is 40.3 Å². The fourth-order valence-electron chi connectivity index (χ4n) is 4.23. The van der Waals surface area contributed by atoms with Gasteiger partial charge in [-0.3, -0.25) is 0 Å². The lowest BCUT2D eigenvalue weighted by Crippen LogP contribution is -2.54. The van der Waals surface area contributed by atoms with E-state index in [0.717, 1.165) is 6.04 Å². The normalized spacial score (nSPS) is 27.7. The molecule has 1 aliphatic heterocycles. The lowest BCUT2D eigenvalue weighted by molar-refractivity contribution is 0.0943. The lowest BCUT2D eigenvalue weighted by Gasteiger charge is -2.44. The fraction of sp³-hybridized carbons (Fsp3) is 1.00. The van der Waals surface area contributed by atoms with Crippen LogP contribution in [0.4, 0.5) is 0 Å². The molecule has 0 amide bonds. The van der Waals surface area contributed by atoms with E-state index >= 15 is 0 Å². The van der Waals surface area contributed by atoms with Crippen molar-refractivity contribution >= 4 is 0 Å². The molecule has 0 aromatic rings. The van der Waals surface area contributed by atoms with E-state index in [1.165, 1.54) is 84.0 Å². The van der Waals surface area contributed by atoms with Gasteiger partial charge in [0.2, 0.25) is 0 Å². The fourth-order valence-corrected chi connectivity index (χ4v) is 4.23.